The van der Waals surface area contributed by atoms with Gasteiger partial charge in [-0.15, -0.1) is 11.3 Å². The first-order valence-corrected chi connectivity index (χ1v) is 7.44. The minimum atomic E-state index is 0.0699. The first kappa shape index (κ1) is 13.7. The largest absolute Gasteiger partial charge is 0.356 e. The van der Waals surface area contributed by atoms with Crippen molar-refractivity contribution in [2.24, 2.45) is 0 Å². The molecule has 6 nitrogen and oxygen atoms in total. The molecular weight excluding hydrogens is 288 g/mol. The van der Waals surface area contributed by atoms with E-state index >= 15 is 0 Å². The fourth-order valence-corrected chi connectivity index (χ4v) is 3.22. The molecule has 0 radical (unpaired) electrons. The second-order valence-corrected chi connectivity index (χ2v) is 5.54. The summed E-state index contributed by atoms with van der Waals surface area (Å²) < 4.78 is 4.74. The van der Waals surface area contributed by atoms with E-state index in [1.165, 1.54) is 17.7 Å². The van der Waals surface area contributed by atoms with Gasteiger partial charge in [0.1, 0.15) is 0 Å². The number of nitrogens with zero attached hydrogens (tertiary/aromatic N) is 3. The molecule has 3 heterocycles. The molecule has 3 rings (SSSR count). The second-order valence-electron chi connectivity index (χ2n) is 4.68. The number of aromatic amines is 1. The Balaban J connectivity index is 2.09. The number of hydrogen-bond acceptors (Lipinski definition) is 6. The van der Waals surface area contributed by atoms with Crippen molar-refractivity contribution < 1.29 is 9.32 Å². The number of aryl methyl sites for hydroxylation is 1. The number of Topliss-reactive ketones (excluding diaryl/α,β-unsaturated/α-hetero) is 1. The molecule has 0 bridgehead atoms. The van der Waals surface area contributed by atoms with Crippen LogP contribution in [0.3, 0.4) is 0 Å². The highest BCUT2D eigenvalue weighted by molar-refractivity contribution is 7.13. The summed E-state index contributed by atoms with van der Waals surface area (Å²) in [5.41, 5.74) is 4.34. The summed E-state index contributed by atoms with van der Waals surface area (Å²) in [6.45, 7) is 5.53. The van der Waals surface area contributed by atoms with E-state index in [9.17, 15) is 4.79 Å². The number of rotatable bonds is 4. The van der Waals surface area contributed by atoms with Gasteiger partial charge in [0.2, 0.25) is 12.2 Å². The predicted molar refractivity (Wildman–Crippen MR) is 79.3 cm³/mol. The Morgan fingerprint density at radius 3 is 2.90 bits per heavy atom. The van der Waals surface area contributed by atoms with Gasteiger partial charge in [0.15, 0.2) is 10.8 Å². The average molecular weight is 302 g/mol. The van der Waals surface area contributed by atoms with Crippen molar-refractivity contribution in [2.75, 3.05) is 0 Å². The van der Waals surface area contributed by atoms with Crippen LogP contribution >= 0.6 is 11.3 Å². The molecule has 108 valence electrons. The van der Waals surface area contributed by atoms with Gasteiger partial charge in [0.05, 0.1) is 11.4 Å². The molecule has 0 amide bonds. The zero-order valence-electron chi connectivity index (χ0n) is 11.9. The van der Waals surface area contributed by atoms with Gasteiger partial charge in [-0.25, -0.2) is 4.98 Å². The molecular formula is C14H14N4O2S. The molecule has 0 aliphatic heterocycles. The lowest BCUT2D eigenvalue weighted by Gasteiger charge is -2.00. The molecule has 0 unspecified atom stereocenters. The van der Waals surface area contributed by atoms with Crippen molar-refractivity contribution in [3.05, 3.63) is 28.6 Å². The van der Waals surface area contributed by atoms with E-state index in [2.05, 4.69) is 20.1 Å². The van der Waals surface area contributed by atoms with Crippen LogP contribution in [0.5, 0.6) is 0 Å². The minimum absolute atomic E-state index is 0.0699. The maximum absolute atomic E-state index is 11.8. The van der Waals surface area contributed by atoms with Gasteiger partial charge < -0.3 is 9.51 Å². The van der Waals surface area contributed by atoms with E-state index < -0.39 is 0 Å². The van der Waals surface area contributed by atoms with Gasteiger partial charge in [-0.1, -0.05) is 12.1 Å². The van der Waals surface area contributed by atoms with Crippen LogP contribution < -0.4 is 0 Å². The highest BCUT2D eigenvalue weighted by atomic mass is 32.1. The van der Waals surface area contributed by atoms with Gasteiger partial charge in [-0.3, -0.25) is 4.79 Å². The number of carbonyl (C=O) groups is 1. The Morgan fingerprint density at radius 2 is 2.29 bits per heavy atom. The molecule has 0 saturated carbocycles. The Hall–Kier alpha value is -2.28. The van der Waals surface area contributed by atoms with Crippen molar-refractivity contribution in [1.82, 2.24) is 20.1 Å². The van der Waals surface area contributed by atoms with Crippen molar-refractivity contribution >= 4 is 17.1 Å². The van der Waals surface area contributed by atoms with Crippen molar-refractivity contribution in [3.63, 3.8) is 0 Å². The lowest BCUT2D eigenvalue weighted by atomic mass is 10.0. The van der Waals surface area contributed by atoms with Crippen LogP contribution in [0.25, 0.3) is 22.2 Å². The van der Waals surface area contributed by atoms with E-state index in [1.807, 2.05) is 19.2 Å². The van der Waals surface area contributed by atoms with Crippen LogP contribution in [0.2, 0.25) is 0 Å². The second kappa shape index (κ2) is 5.25. The first-order chi connectivity index (χ1) is 10.1. The van der Waals surface area contributed by atoms with Crippen molar-refractivity contribution in [2.45, 2.75) is 27.2 Å². The molecule has 3 aromatic rings. The SMILES string of the molecule is CCc1c(-c2csc(-c3ncon3)n2)[nH]c(C)c1C(C)=O. The average Bonchev–Trinajstić information content (AvgIpc) is 3.16. The molecule has 3 aromatic heterocycles. The standard InChI is InChI=1S/C14H14N4O2S/c1-4-9-11(8(3)19)7(2)16-12(9)10-5-21-14(17-10)13-15-6-20-18-13/h5-6,16H,4H2,1-3H3. The summed E-state index contributed by atoms with van der Waals surface area (Å²) in [4.78, 5) is 23.6. The normalized spacial score (nSPS) is 11.0. The third kappa shape index (κ3) is 2.29. The summed E-state index contributed by atoms with van der Waals surface area (Å²) in [7, 11) is 0. The van der Waals surface area contributed by atoms with Gasteiger partial charge in [0.25, 0.3) is 0 Å². The van der Waals surface area contributed by atoms with Crippen LogP contribution in [-0.4, -0.2) is 25.9 Å². The number of nitrogens with one attached hydrogen (secondary N) is 1. The summed E-state index contributed by atoms with van der Waals surface area (Å²) >= 11 is 1.44. The number of carbonyl (C=O) groups excluding carboxylic acids is 1. The van der Waals surface area contributed by atoms with E-state index in [0.717, 1.165) is 34.6 Å². The zero-order chi connectivity index (χ0) is 15.0. The molecule has 7 heteroatoms. The molecule has 0 aliphatic rings. The van der Waals surface area contributed by atoms with Crippen LogP contribution in [0.1, 0.15) is 35.5 Å². The third-order valence-electron chi connectivity index (χ3n) is 3.31. The fraction of sp³-hybridized carbons (Fsp3) is 0.286. The van der Waals surface area contributed by atoms with Gasteiger partial charge >= 0.3 is 0 Å². The van der Waals surface area contributed by atoms with Crippen molar-refractivity contribution in [3.8, 4) is 22.2 Å². The number of hydrogen-bond donors (Lipinski definition) is 1. The molecule has 21 heavy (non-hydrogen) atoms. The lowest BCUT2D eigenvalue weighted by Crippen LogP contribution is -1.97. The monoisotopic (exact) mass is 302 g/mol. The van der Waals surface area contributed by atoms with Crippen LogP contribution in [0, 0.1) is 6.92 Å². The van der Waals surface area contributed by atoms with E-state index in [0.29, 0.717) is 10.8 Å². The van der Waals surface area contributed by atoms with Gasteiger partial charge in [0, 0.05) is 16.6 Å². The molecule has 0 fully saturated rings. The summed E-state index contributed by atoms with van der Waals surface area (Å²) in [5, 5.41) is 6.41. The Kier molecular flexibility index (Phi) is 3.42. The quantitative estimate of drug-likeness (QED) is 0.748. The summed E-state index contributed by atoms with van der Waals surface area (Å²) in [6, 6.07) is 0. The number of thiazole rings is 1. The fourth-order valence-electron chi connectivity index (χ4n) is 2.48. The van der Waals surface area contributed by atoms with E-state index in [-0.39, 0.29) is 5.78 Å². The maximum atomic E-state index is 11.8. The Bertz CT molecular complexity index is 786. The maximum Gasteiger partial charge on any atom is 0.231 e. The summed E-state index contributed by atoms with van der Waals surface area (Å²) in [6.07, 6.45) is 2.05. The smallest absolute Gasteiger partial charge is 0.231 e. The first-order valence-electron chi connectivity index (χ1n) is 6.56. The predicted octanol–water partition coefficient (Wildman–Crippen LogP) is 3.26. The topological polar surface area (TPSA) is 84.7 Å². The number of aromatic nitrogens is 4. The summed E-state index contributed by atoms with van der Waals surface area (Å²) in [5.74, 6) is 0.542. The number of ketones is 1. The zero-order valence-corrected chi connectivity index (χ0v) is 12.7. The molecule has 0 atom stereocenters. The molecule has 1 N–H and O–H groups in total. The molecule has 0 aliphatic carbocycles. The van der Waals surface area contributed by atoms with Crippen molar-refractivity contribution in [1.29, 1.82) is 0 Å². The Morgan fingerprint density at radius 1 is 1.48 bits per heavy atom. The highest BCUT2D eigenvalue weighted by Gasteiger charge is 2.20. The lowest BCUT2D eigenvalue weighted by molar-refractivity contribution is 0.101. The van der Waals surface area contributed by atoms with Crippen LogP contribution in [-0.2, 0) is 6.42 Å². The number of H-pyrrole nitrogens is 1. The van der Waals surface area contributed by atoms with Crippen LogP contribution in [0.15, 0.2) is 16.3 Å². The van der Waals surface area contributed by atoms with E-state index in [1.54, 1.807) is 6.92 Å². The van der Waals surface area contributed by atoms with Crippen LogP contribution in [0.4, 0.5) is 0 Å². The van der Waals surface area contributed by atoms with E-state index in [4.69, 9.17) is 4.52 Å². The molecule has 0 spiro atoms. The minimum Gasteiger partial charge on any atom is -0.356 e. The van der Waals surface area contributed by atoms with Gasteiger partial charge in [-0.05, 0) is 25.8 Å². The van der Waals surface area contributed by atoms with Gasteiger partial charge in [-0.2, -0.15) is 4.98 Å². The third-order valence-corrected chi connectivity index (χ3v) is 4.15. The highest BCUT2D eigenvalue weighted by Crippen LogP contribution is 2.32. The Labute approximate surface area is 125 Å². The molecule has 0 aromatic carbocycles. The molecule has 0 saturated heterocycles.